The summed E-state index contributed by atoms with van der Waals surface area (Å²) in [6.07, 6.45) is 0.138. The van der Waals surface area contributed by atoms with Crippen LogP contribution in [0.15, 0.2) is 30.3 Å². The van der Waals surface area contributed by atoms with Gasteiger partial charge in [-0.1, -0.05) is 30.3 Å². The Balaban J connectivity index is 2.90. The van der Waals surface area contributed by atoms with Crippen molar-refractivity contribution in [3.05, 3.63) is 35.9 Å². The molecule has 1 atom stereocenters. The molecule has 0 aliphatic rings. The molecule has 0 aliphatic heterocycles. The van der Waals surface area contributed by atoms with Gasteiger partial charge in [-0.2, -0.15) is 5.26 Å². The maximum absolute atomic E-state index is 11.0. The Morgan fingerprint density at radius 1 is 1.46 bits per heavy atom. The van der Waals surface area contributed by atoms with Gasteiger partial charge < -0.3 is 5.73 Å². The average Bonchev–Trinajstić information content (AvgIpc) is 2.15. The standard InChI is InChI=1S/C10H10N2O/c11-7-6-9(10(12)13)8-4-2-1-3-5-8/h1-5,9H,6H2,(H2,12,13). The van der Waals surface area contributed by atoms with Crippen LogP contribution in [0, 0.1) is 11.3 Å². The van der Waals surface area contributed by atoms with Crippen LogP contribution in [0.4, 0.5) is 0 Å². The summed E-state index contributed by atoms with van der Waals surface area (Å²) in [5.74, 6) is -0.932. The normalized spacial score (nSPS) is 11.6. The number of hydrogen-bond donors (Lipinski definition) is 1. The lowest BCUT2D eigenvalue weighted by atomic mass is 9.96. The predicted molar refractivity (Wildman–Crippen MR) is 48.6 cm³/mol. The third kappa shape index (κ3) is 2.31. The Morgan fingerprint density at radius 2 is 2.08 bits per heavy atom. The van der Waals surface area contributed by atoms with E-state index in [1.807, 2.05) is 24.3 Å². The van der Waals surface area contributed by atoms with Gasteiger partial charge in [-0.25, -0.2) is 0 Å². The van der Waals surface area contributed by atoms with Crippen LogP contribution in [-0.2, 0) is 4.79 Å². The van der Waals surface area contributed by atoms with Gasteiger partial charge in [0.25, 0.3) is 0 Å². The van der Waals surface area contributed by atoms with Crippen molar-refractivity contribution >= 4 is 5.91 Å². The Morgan fingerprint density at radius 3 is 2.54 bits per heavy atom. The van der Waals surface area contributed by atoms with E-state index in [9.17, 15) is 4.79 Å². The van der Waals surface area contributed by atoms with E-state index in [0.29, 0.717) is 0 Å². The molecule has 0 spiro atoms. The Labute approximate surface area is 76.8 Å². The lowest BCUT2D eigenvalue weighted by molar-refractivity contribution is -0.119. The van der Waals surface area contributed by atoms with E-state index in [-0.39, 0.29) is 6.42 Å². The molecule has 0 heterocycles. The Hall–Kier alpha value is -1.82. The van der Waals surface area contributed by atoms with Crippen LogP contribution in [0.25, 0.3) is 0 Å². The van der Waals surface area contributed by atoms with Crippen molar-refractivity contribution in [3.63, 3.8) is 0 Å². The molecule has 0 aromatic heterocycles. The zero-order chi connectivity index (χ0) is 9.68. The van der Waals surface area contributed by atoms with Gasteiger partial charge in [0.15, 0.2) is 0 Å². The minimum Gasteiger partial charge on any atom is -0.369 e. The number of rotatable bonds is 3. The van der Waals surface area contributed by atoms with Crippen molar-refractivity contribution in [2.24, 2.45) is 5.73 Å². The fraction of sp³-hybridized carbons (Fsp3) is 0.200. The summed E-state index contributed by atoms with van der Waals surface area (Å²) in [5.41, 5.74) is 5.97. The fourth-order valence-corrected chi connectivity index (χ4v) is 1.16. The number of benzene rings is 1. The highest BCUT2D eigenvalue weighted by molar-refractivity contribution is 5.82. The lowest BCUT2D eigenvalue weighted by Crippen LogP contribution is -2.20. The maximum Gasteiger partial charge on any atom is 0.226 e. The predicted octanol–water partition coefficient (Wildman–Crippen LogP) is 1.17. The highest BCUT2D eigenvalue weighted by Gasteiger charge is 2.16. The number of nitriles is 1. The molecule has 1 aromatic carbocycles. The summed E-state index contributed by atoms with van der Waals surface area (Å²) in [7, 11) is 0. The molecule has 3 nitrogen and oxygen atoms in total. The molecule has 66 valence electrons. The molecule has 1 rings (SSSR count). The number of nitrogens with two attached hydrogens (primary N) is 1. The van der Waals surface area contributed by atoms with Crippen LogP contribution >= 0.6 is 0 Å². The third-order valence-electron chi connectivity index (χ3n) is 1.84. The van der Waals surface area contributed by atoms with Gasteiger partial charge in [-0.05, 0) is 5.56 Å². The van der Waals surface area contributed by atoms with Crippen molar-refractivity contribution in [2.75, 3.05) is 0 Å². The molecule has 0 radical (unpaired) electrons. The molecule has 0 bridgehead atoms. The second kappa shape index (κ2) is 4.27. The van der Waals surface area contributed by atoms with Crippen molar-refractivity contribution < 1.29 is 4.79 Å². The van der Waals surface area contributed by atoms with Crippen LogP contribution in [0.5, 0.6) is 0 Å². The van der Waals surface area contributed by atoms with Gasteiger partial charge >= 0.3 is 0 Å². The van der Waals surface area contributed by atoms with Gasteiger partial charge in [0.1, 0.15) is 0 Å². The smallest absolute Gasteiger partial charge is 0.226 e. The van der Waals surface area contributed by atoms with E-state index in [4.69, 9.17) is 11.0 Å². The lowest BCUT2D eigenvalue weighted by Gasteiger charge is -2.08. The van der Waals surface area contributed by atoms with E-state index in [1.165, 1.54) is 0 Å². The van der Waals surface area contributed by atoms with Crippen molar-refractivity contribution in [1.82, 2.24) is 0 Å². The van der Waals surface area contributed by atoms with Crippen LogP contribution in [0.3, 0.4) is 0 Å². The van der Waals surface area contributed by atoms with Crippen molar-refractivity contribution in [3.8, 4) is 6.07 Å². The van der Waals surface area contributed by atoms with Gasteiger partial charge in [0.05, 0.1) is 18.4 Å². The molecule has 0 fully saturated rings. The van der Waals surface area contributed by atoms with Crippen LogP contribution in [0.1, 0.15) is 17.9 Å². The van der Waals surface area contributed by atoms with Gasteiger partial charge in [0.2, 0.25) is 5.91 Å². The zero-order valence-electron chi connectivity index (χ0n) is 7.10. The molecule has 0 saturated heterocycles. The third-order valence-corrected chi connectivity index (χ3v) is 1.84. The maximum atomic E-state index is 11.0. The number of carbonyl (C=O) groups is 1. The molecule has 3 heteroatoms. The summed E-state index contributed by atoms with van der Waals surface area (Å²) in [5, 5.41) is 8.49. The van der Waals surface area contributed by atoms with Crippen molar-refractivity contribution in [1.29, 1.82) is 5.26 Å². The molecule has 0 saturated carbocycles. The van der Waals surface area contributed by atoms with E-state index in [2.05, 4.69) is 0 Å². The van der Waals surface area contributed by atoms with E-state index in [1.54, 1.807) is 12.1 Å². The molecular formula is C10H10N2O. The number of carbonyl (C=O) groups excluding carboxylic acids is 1. The van der Waals surface area contributed by atoms with E-state index in [0.717, 1.165) is 5.56 Å². The molecule has 1 unspecified atom stereocenters. The summed E-state index contributed by atoms with van der Waals surface area (Å²) in [6, 6.07) is 11.0. The molecule has 0 aliphatic carbocycles. The molecule has 13 heavy (non-hydrogen) atoms. The summed E-state index contributed by atoms with van der Waals surface area (Å²) in [4.78, 5) is 11.0. The first-order chi connectivity index (χ1) is 6.25. The van der Waals surface area contributed by atoms with Crippen molar-refractivity contribution in [2.45, 2.75) is 12.3 Å². The largest absolute Gasteiger partial charge is 0.369 e. The highest BCUT2D eigenvalue weighted by atomic mass is 16.1. The topological polar surface area (TPSA) is 66.9 Å². The molecule has 2 N–H and O–H groups in total. The SMILES string of the molecule is N#CCC(C(N)=O)c1ccccc1. The average molecular weight is 174 g/mol. The second-order valence-electron chi connectivity index (χ2n) is 2.73. The van der Waals surface area contributed by atoms with Gasteiger partial charge in [0, 0.05) is 0 Å². The van der Waals surface area contributed by atoms with Crippen LogP contribution in [0.2, 0.25) is 0 Å². The van der Waals surface area contributed by atoms with Crippen LogP contribution in [-0.4, -0.2) is 5.91 Å². The number of primary amides is 1. The highest BCUT2D eigenvalue weighted by Crippen LogP contribution is 2.17. The van der Waals surface area contributed by atoms with Crippen LogP contribution < -0.4 is 5.73 Å². The van der Waals surface area contributed by atoms with E-state index < -0.39 is 11.8 Å². The Bertz CT molecular complexity index is 327. The Kier molecular flexibility index (Phi) is 3.04. The second-order valence-corrected chi connectivity index (χ2v) is 2.73. The molecular weight excluding hydrogens is 164 g/mol. The molecule has 1 amide bonds. The summed E-state index contributed by atoms with van der Waals surface area (Å²) >= 11 is 0. The first kappa shape index (κ1) is 9.27. The quantitative estimate of drug-likeness (QED) is 0.747. The number of amides is 1. The first-order valence-electron chi connectivity index (χ1n) is 3.97. The molecule has 1 aromatic rings. The monoisotopic (exact) mass is 174 g/mol. The summed E-state index contributed by atoms with van der Waals surface area (Å²) in [6.45, 7) is 0. The minimum absolute atomic E-state index is 0.138. The van der Waals surface area contributed by atoms with E-state index >= 15 is 0 Å². The summed E-state index contributed by atoms with van der Waals surface area (Å²) < 4.78 is 0. The fourth-order valence-electron chi connectivity index (χ4n) is 1.16. The zero-order valence-corrected chi connectivity index (χ0v) is 7.10. The minimum atomic E-state index is -0.480. The number of nitrogens with zero attached hydrogens (tertiary/aromatic N) is 1. The first-order valence-corrected chi connectivity index (χ1v) is 3.97. The number of hydrogen-bond acceptors (Lipinski definition) is 2. The van der Waals surface area contributed by atoms with Gasteiger partial charge in [-0.15, -0.1) is 0 Å². The van der Waals surface area contributed by atoms with Gasteiger partial charge in [-0.3, -0.25) is 4.79 Å².